The second-order valence-corrected chi connectivity index (χ2v) is 4.07. The Hall–Kier alpha value is -1.41. The fourth-order valence-electron chi connectivity index (χ4n) is 1.30. The van der Waals surface area contributed by atoms with E-state index in [0.29, 0.717) is 5.57 Å². The molecule has 0 heterocycles. The first-order valence-electron chi connectivity index (χ1n) is 4.25. The maximum atomic E-state index is 11.0. The number of hydrogen-bond acceptors (Lipinski definition) is 2. The third kappa shape index (κ3) is 2.00. The monoisotopic (exact) mass is 226 g/mol. The van der Waals surface area contributed by atoms with E-state index in [1.54, 1.807) is 13.0 Å². The van der Waals surface area contributed by atoms with Crippen molar-refractivity contribution in [3.63, 3.8) is 0 Å². The van der Waals surface area contributed by atoms with Gasteiger partial charge in [-0.05, 0) is 24.6 Å². The van der Waals surface area contributed by atoms with Crippen LogP contribution in [-0.2, 0) is 9.59 Å². The van der Waals surface area contributed by atoms with Crippen molar-refractivity contribution in [2.24, 2.45) is 0 Å². The summed E-state index contributed by atoms with van der Waals surface area (Å²) in [6.07, 6.45) is 5.62. The molecule has 1 rings (SSSR count). The topological polar surface area (TPSA) is 74.6 Å². The first kappa shape index (κ1) is 11.7. The van der Waals surface area contributed by atoms with Crippen molar-refractivity contribution in [1.29, 1.82) is 0 Å². The van der Waals surface area contributed by atoms with Crippen LogP contribution in [0.2, 0.25) is 0 Å². The van der Waals surface area contributed by atoms with Crippen LogP contribution in [0.3, 0.4) is 0 Å². The molecule has 0 aromatic rings. The predicted octanol–water partition coefficient (Wildman–Crippen LogP) is 1.21. The van der Waals surface area contributed by atoms with Crippen LogP contribution < -0.4 is 0 Å². The molecule has 5 heteroatoms. The number of carboxylic acids is 2. The summed E-state index contributed by atoms with van der Waals surface area (Å²) < 4.78 is 0. The normalized spacial score (nSPS) is 27.6. The molecule has 2 N–H and O–H groups in total. The zero-order valence-corrected chi connectivity index (χ0v) is 9.25. The highest BCUT2D eigenvalue weighted by molar-refractivity contribution is 7.22. The molecular formula is C10H11O4P. The Morgan fingerprint density at radius 2 is 2.07 bits per heavy atom. The Kier molecular flexibility index (Phi) is 3.10. The van der Waals surface area contributed by atoms with Crippen LogP contribution in [0.25, 0.3) is 0 Å². The number of rotatable bonds is 2. The van der Waals surface area contributed by atoms with Crippen LogP contribution in [0.15, 0.2) is 35.5 Å². The molecule has 1 aliphatic carbocycles. The largest absolute Gasteiger partial charge is 0.480 e. The molecule has 0 aliphatic heterocycles. The number of allylic oxidation sites excluding steroid dienone is 2. The minimum Gasteiger partial charge on any atom is -0.480 e. The Labute approximate surface area is 89.2 Å². The second kappa shape index (κ2) is 3.99. The highest BCUT2D eigenvalue weighted by Gasteiger charge is 2.36. The predicted molar refractivity (Wildman–Crippen MR) is 58.7 cm³/mol. The van der Waals surface area contributed by atoms with Gasteiger partial charge in [0, 0.05) is 0 Å². The lowest BCUT2D eigenvalue weighted by Crippen LogP contribution is -2.33. The van der Waals surface area contributed by atoms with Gasteiger partial charge in [0.05, 0.1) is 5.57 Å². The molecule has 0 aromatic heterocycles. The van der Waals surface area contributed by atoms with Gasteiger partial charge in [0.25, 0.3) is 0 Å². The average Bonchev–Trinajstić information content (AvgIpc) is 2.17. The SMILES string of the molecule is CC=C1C=C(C(=O)O)C=CC1(P)C(=O)O. The Balaban J connectivity index is 3.21. The second-order valence-electron chi connectivity index (χ2n) is 3.16. The molecular weight excluding hydrogens is 215 g/mol. The fourth-order valence-corrected chi connectivity index (χ4v) is 1.65. The molecule has 0 amide bonds. The zero-order chi connectivity index (χ0) is 11.6. The maximum Gasteiger partial charge on any atom is 0.335 e. The van der Waals surface area contributed by atoms with Gasteiger partial charge < -0.3 is 10.2 Å². The molecule has 2 atom stereocenters. The van der Waals surface area contributed by atoms with E-state index >= 15 is 0 Å². The summed E-state index contributed by atoms with van der Waals surface area (Å²) in [6.45, 7) is 1.67. The van der Waals surface area contributed by atoms with Crippen LogP contribution >= 0.6 is 9.24 Å². The number of carboxylic acid groups (broad SMARTS) is 2. The summed E-state index contributed by atoms with van der Waals surface area (Å²) in [5.41, 5.74) is 0.530. The smallest absolute Gasteiger partial charge is 0.335 e. The molecule has 0 bridgehead atoms. The van der Waals surface area contributed by atoms with Gasteiger partial charge >= 0.3 is 11.9 Å². The van der Waals surface area contributed by atoms with Gasteiger partial charge in [0.15, 0.2) is 0 Å². The van der Waals surface area contributed by atoms with E-state index in [9.17, 15) is 9.59 Å². The van der Waals surface area contributed by atoms with Crippen LogP contribution in [0.4, 0.5) is 0 Å². The zero-order valence-electron chi connectivity index (χ0n) is 8.10. The maximum absolute atomic E-state index is 11.0. The molecule has 2 unspecified atom stereocenters. The van der Waals surface area contributed by atoms with Crippen molar-refractivity contribution in [3.05, 3.63) is 35.5 Å². The van der Waals surface area contributed by atoms with Crippen molar-refractivity contribution in [2.45, 2.75) is 12.1 Å². The molecule has 0 fully saturated rings. The molecule has 0 aromatic carbocycles. The van der Waals surface area contributed by atoms with Gasteiger partial charge in [0.2, 0.25) is 0 Å². The molecule has 4 nitrogen and oxygen atoms in total. The standard InChI is InChI=1S/C10H11O4P/c1-2-7-5-6(8(11)12)3-4-10(7,15)9(13)14/h2-5H,15H2,1H3,(H,11,12)(H,13,14). The lowest BCUT2D eigenvalue weighted by atomic mass is 9.90. The molecule has 0 spiro atoms. The summed E-state index contributed by atoms with van der Waals surface area (Å²) in [4.78, 5) is 21.7. The van der Waals surface area contributed by atoms with E-state index in [-0.39, 0.29) is 5.57 Å². The van der Waals surface area contributed by atoms with Gasteiger partial charge in [0.1, 0.15) is 5.16 Å². The van der Waals surface area contributed by atoms with E-state index in [4.69, 9.17) is 10.2 Å². The van der Waals surface area contributed by atoms with Crippen LogP contribution in [-0.4, -0.2) is 27.3 Å². The molecule has 0 radical (unpaired) electrons. The van der Waals surface area contributed by atoms with Crippen molar-refractivity contribution < 1.29 is 19.8 Å². The summed E-state index contributed by atoms with van der Waals surface area (Å²) in [5.74, 6) is -2.10. The van der Waals surface area contributed by atoms with E-state index < -0.39 is 17.1 Å². The van der Waals surface area contributed by atoms with Gasteiger partial charge in [-0.3, -0.25) is 4.79 Å². The molecule has 80 valence electrons. The summed E-state index contributed by atoms with van der Waals surface area (Å²) >= 11 is 0. The lowest BCUT2D eigenvalue weighted by Gasteiger charge is -2.25. The van der Waals surface area contributed by atoms with Gasteiger partial charge in [-0.25, -0.2) is 4.79 Å². The van der Waals surface area contributed by atoms with Gasteiger partial charge in [-0.15, -0.1) is 9.24 Å². The lowest BCUT2D eigenvalue weighted by molar-refractivity contribution is -0.138. The van der Waals surface area contributed by atoms with E-state index in [2.05, 4.69) is 9.24 Å². The van der Waals surface area contributed by atoms with Crippen LogP contribution in [0, 0.1) is 0 Å². The summed E-state index contributed by atoms with van der Waals surface area (Å²) in [6, 6.07) is 0. The van der Waals surface area contributed by atoms with Crippen molar-refractivity contribution in [1.82, 2.24) is 0 Å². The van der Waals surface area contributed by atoms with Crippen molar-refractivity contribution >= 4 is 21.2 Å². The minimum atomic E-state index is -1.21. The number of aliphatic carboxylic acids is 2. The molecule has 0 saturated heterocycles. The van der Waals surface area contributed by atoms with E-state index in [1.807, 2.05) is 0 Å². The van der Waals surface area contributed by atoms with Crippen molar-refractivity contribution in [2.75, 3.05) is 0 Å². The van der Waals surface area contributed by atoms with Gasteiger partial charge in [-0.1, -0.05) is 12.2 Å². The highest BCUT2D eigenvalue weighted by atomic mass is 31.0. The van der Waals surface area contributed by atoms with Crippen molar-refractivity contribution in [3.8, 4) is 0 Å². The highest BCUT2D eigenvalue weighted by Crippen LogP contribution is 2.35. The van der Waals surface area contributed by atoms with E-state index in [0.717, 1.165) is 0 Å². The van der Waals surface area contributed by atoms with Crippen LogP contribution in [0.5, 0.6) is 0 Å². The number of hydrogen-bond donors (Lipinski definition) is 2. The van der Waals surface area contributed by atoms with Crippen LogP contribution in [0.1, 0.15) is 6.92 Å². The molecule has 15 heavy (non-hydrogen) atoms. The fraction of sp³-hybridized carbons (Fsp3) is 0.200. The summed E-state index contributed by atoms with van der Waals surface area (Å²) in [5, 5.41) is 16.6. The Morgan fingerprint density at radius 3 is 2.47 bits per heavy atom. The Bertz CT molecular complexity index is 406. The first-order chi connectivity index (χ1) is 6.91. The van der Waals surface area contributed by atoms with E-state index in [1.165, 1.54) is 18.2 Å². The first-order valence-corrected chi connectivity index (χ1v) is 4.83. The third-order valence-electron chi connectivity index (χ3n) is 2.23. The third-order valence-corrected chi connectivity index (χ3v) is 3.00. The minimum absolute atomic E-state index is 0.0856. The quantitative estimate of drug-likeness (QED) is 0.694. The molecule has 0 saturated carbocycles. The molecule has 1 aliphatic rings. The van der Waals surface area contributed by atoms with Gasteiger partial charge in [-0.2, -0.15) is 0 Å². The Morgan fingerprint density at radius 1 is 1.47 bits per heavy atom. The average molecular weight is 226 g/mol. The number of carbonyl (C=O) groups is 2. The summed E-state index contributed by atoms with van der Waals surface area (Å²) in [7, 11) is 2.22.